The Labute approximate surface area is 81.7 Å². The SMILES string of the molecule is CC(=O)COCCCCC(C)(C)C. The summed E-state index contributed by atoms with van der Waals surface area (Å²) in [5, 5.41) is 0. The molecule has 0 aliphatic rings. The monoisotopic (exact) mass is 186 g/mol. The second-order valence-corrected chi connectivity index (χ2v) is 4.77. The van der Waals surface area contributed by atoms with Crippen LogP contribution in [0.3, 0.4) is 0 Å². The molecule has 0 rings (SSSR count). The van der Waals surface area contributed by atoms with Gasteiger partial charge in [0.1, 0.15) is 6.61 Å². The number of hydrogen-bond donors (Lipinski definition) is 0. The Balaban J connectivity index is 3.13. The third-order valence-electron chi connectivity index (χ3n) is 1.77. The van der Waals surface area contributed by atoms with E-state index in [0.717, 1.165) is 13.0 Å². The highest BCUT2D eigenvalue weighted by Gasteiger charge is 2.08. The van der Waals surface area contributed by atoms with E-state index in [0.29, 0.717) is 5.41 Å². The van der Waals surface area contributed by atoms with Crippen LogP contribution in [0.25, 0.3) is 0 Å². The van der Waals surface area contributed by atoms with Gasteiger partial charge in [0.25, 0.3) is 0 Å². The quantitative estimate of drug-likeness (QED) is 0.596. The zero-order valence-corrected chi connectivity index (χ0v) is 9.35. The Bertz CT molecular complexity index is 145. The highest BCUT2D eigenvalue weighted by Crippen LogP contribution is 2.21. The van der Waals surface area contributed by atoms with Crippen LogP contribution < -0.4 is 0 Å². The van der Waals surface area contributed by atoms with Gasteiger partial charge in [-0.2, -0.15) is 0 Å². The molecule has 0 saturated heterocycles. The molecule has 0 fully saturated rings. The highest BCUT2D eigenvalue weighted by molar-refractivity contribution is 5.76. The van der Waals surface area contributed by atoms with Crippen molar-refractivity contribution in [1.82, 2.24) is 0 Å². The molecule has 0 aliphatic carbocycles. The molecule has 0 aromatic carbocycles. The number of Topliss-reactive ketones (excluding diaryl/α,β-unsaturated/α-hetero) is 1. The van der Waals surface area contributed by atoms with E-state index in [1.807, 2.05) is 0 Å². The van der Waals surface area contributed by atoms with E-state index in [9.17, 15) is 4.79 Å². The van der Waals surface area contributed by atoms with Gasteiger partial charge in [-0.05, 0) is 25.2 Å². The van der Waals surface area contributed by atoms with Crippen molar-refractivity contribution in [2.75, 3.05) is 13.2 Å². The molecule has 13 heavy (non-hydrogen) atoms. The molecular formula is C11H22O2. The molecule has 0 N–H and O–H groups in total. The van der Waals surface area contributed by atoms with Crippen molar-refractivity contribution in [1.29, 1.82) is 0 Å². The molecule has 0 spiro atoms. The van der Waals surface area contributed by atoms with Gasteiger partial charge in [0.05, 0.1) is 0 Å². The summed E-state index contributed by atoms with van der Waals surface area (Å²) in [7, 11) is 0. The van der Waals surface area contributed by atoms with Crippen LogP contribution in [0.5, 0.6) is 0 Å². The molecule has 2 nitrogen and oxygen atoms in total. The molecule has 0 atom stereocenters. The smallest absolute Gasteiger partial charge is 0.155 e. The maximum absolute atomic E-state index is 10.5. The van der Waals surface area contributed by atoms with E-state index in [1.165, 1.54) is 12.8 Å². The lowest BCUT2D eigenvalue weighted by Gasteiger charge is -2.17. The van der Waals surface area contributed by atoms with Crippen molar-refractivity contribution in [3.63, 3.8) is 0 Å². The minimum Gasteiger partial charge on any atom is -0.374 e. The van der Waals surface area contributed by atoms with Crippen LogP contribution in [-0.2, 0) is 9.53 Å². The van der Waals surface area contributed by atoms with Gasteiger partial charge in [0, 0.05) is 6.61 Å². The van der Waals surface area contributed by atoms with E-state index in [1.54, 1.807) is 6.92 Å². The Hall–Kier alpha value is -0.370. The third-order valence-corrected chi connectivity index (χ3v) is 1.77. The molecule has 0 aromatic heterocycles. The first-order chi connectivity index (χ1) is 5.92. The van der Waals surface area contributed by atoms with Gasteiger partial charge in [-0.15, -0.1) is 0 Å². The molecule has 0 saturated carbocycles. The number of unbranched alkanes of at least 4 members (excludes halogenated alkanes) is 1. The normalized spacial score (nSPS) is 11.7. The predicted octanol–water partition coefficient (Wildman–Crippen LogP) is 2.81. The molecule has 2 heteroatoms. The summed E-state index contributed by atoms with van der Waals surface area (Å²) < 4.78 is 5.16. The number of hydrogen-bond acceptors (Lipinski definition) is 2. The van der Waals surface area contributed by atoms with E-state index < -0.39 is 0 Å². The van der Waals surface area contributed by atoms with Gasteiger partial charge in [0.2, 0.25) is 0 Å². The Morgan fingerprint density at radius 2 is 1.85 bits per heavy atom. The second kappa shape index (κ2) is 6.14. The van der Waals surface area contributed by atoms with Crippen molar-refractivity contribution in [2.24, 2.45) is 5.41 Å². The zero-order valence-electron chi connectivity index (χ0n) is 9.35. The molecule has 0 amide bonds. The van der Waals surface area contributed by atoms with Gasteiger partial charge in [-0.1, -0.05) is 27.2 Å². The lowest BCUT2D eigenvalue weighted by molar-refractivity contribution is -0.121. The first kappa shape index (κ1) is 12.6. The van der Waals surface area contributed by atoms with Gasteiger partial charge in [0.15, 0.2) is 5.78 Å². The van der Waals surface area contributed by atoms with Crippen LogP contribution in [0, 0.1) is 5.41 Å². The number of ketones is 1. The maximum Gasteiger partial charge on any atom is 0.155 e. The van der Waals surface area contributed by atoms with E-state index in [2.05, 4.69) is 20.8 Å². The van der Waals surface area contributed by atoms with Crippen molar-refractivity contribution in [3.05, 3.63) is 0 Å². The van der Waals surface area contributed by atoms with Gasteiger partial charge in [-0.25, -0.2) is 0 Å². The Kier molecular flexibility index (Phi) is 5.97. The molecule has 78 valence electrons. The fourth-order valence-electron chi connectivity index (χ4n) is 1.08. The number of carbonyl (C=O) groups excluding carboxylic acids is 1. The van der Waals surface area contributed by atoms with Crippen molar-refractivity contribution in [3.8, 4) is 0 Å². The minimum atomic E-state index is 0.107. The summed E-state index contributed by atoms with van der Waals surface area (Å²) in [4.78, 5) is 10.5. The van der Waals surface area contributed by atoms with Crippen molar-refractivity contribution < 1.29 is 9.53 Å². The largest absolute Gasteiger partial charge is 0.374 e. The average Bonchev–Trinajstić information content (AvgIpc) is 1.93. The predicted molar refractivity (Wildman–Crippen MR) is 54.8 cm³/mol. The zero-order chi connectivity index (χ0) is 10.3. The lowest BCUT2D eigenvalue weighted by atomic mass is 9.90. The summed E-state index contributed by atoms with van der Waals surface area (Å²) in [6.45, 7) is 9.26. The standard InChI is InChI=1S/C11H22O2/c1-10(12)9-13-8-6-5-7-11(2,3)4/h5-9H2,1-4H3. The number of rotatable bonds is 6. The molecule has 0 bridgehead atoms. The summed E-state index contributed by atoms with van der Waals surface area (Å²) in [6.07, 6.45) is 3.46. The topological polar surface area (TPSA) is 26.3 Å². The highest BCUT2D eigenvalue weighted by atomic mass is 16.5. The lowest BCUT2D eigenvalue weighted by Crippen LogP contribution is -2.07. The van der Waals surface area contributed by atoms with Gasteiger partial charge < -0.3 is 4.74 Å². The average molecular weight is 186 g/mol. The molecular weight excluding hydrogens is 164 g/mol. The van der Waals surface area contributed by atoms with Crippen LogP contribution >= 0.6 is 0 Å². The molecule has 0 aliphatic heterocycles. The van der Waals surface area contributed by atoms with Crippen LogP contribution in [-0.4, -0.2) is 19.0 Å². The first-order valence-corrected chi connectivity index (χ1v) is 4.99. The fraction of sp³-hybridized carbons (Fsp3) is 0.909. The van der Waals surface area contributed by atoms with Crippen LogP contribution in [0.4, 0.5) is 0 Å². The van der Waals surface area contributed by atoms with Crippen LogP contribution in [0.1, 0.15) is 47.0 Å². The fourth-order valence-corrected chi connectivity index (χ4v) is 1.08. The minimum absolute atomic E-state index is 0.107. The Morgan fingerprint density at radius 3 is 2.31 bits per heavy atom. The summed E-state index contributed by atoms with van der Waals surface area (Å²) >= 11 is 0. The molecule has 0 heterocycles. The van der Waals surface area contributed by atoms with Crippen molar-refractivity contribution >= 4 is 5.78 Å². The van der Waals surface area contributed by atoms with E-state index >= 15 is 0 Å². The summed E-state index contributed by atoms with van der Waals surface area (Å²) in [5.74, 6) is 0.107. The van der Waals surface area contributed by atoms with Crippen LogP contribution in [0.15, 0.2) is 0 Å². The van der Waals surface area contributed by atoms with Crippen molar-refractivity contribution in [2.45, 2.75) is 47.0 Å². The maximum atomic E-state index is 10.5. The molecule has 0 unspecified atom stereocenters. The van der Waals surface area contributed by atoms with Gasteiger partial charge >= 0.3 is 0 Å². The molecule has 0 aromatic rings. The van der Waals surface area contributed by atoms with Crippen LogP contribution in [0.2, 0.25) is 0 Å². The Morgan fingerprint density at radius 1 is 1.23 bits per heavy atom. The number of carbonyl (C=O) groups is 1. The summed E-state index contributed by atoms with van der Waals surface area (Å²) in [6, 6.07) is 0. The van der Waals surface area contributed by atoms with E-state index in [4.69, 9.17) is 4.74 Å². The first-order valence-electron chi connectivity index (χ1n) is 4.99. The molecule has 0 radical (unpaired) electrons. The number of ether oxygens (including phenoxy) is 1. The summed E-state index contributed by atoms with van der Waals surface area (Å²) in [5.41, 5.74) is 0.417. The third kappa shape index (κ3) is 11.6. The second-order valence-electron chi connectivity index (χ2n) is 4.77. The van der Waals surface area contributed by atoms with Gasteiger partial charge in [-0.3, -0.25) is 4.79 Å². The van der Waals surface area contributed by atoms with E-state index in [-0.39, 0.29) is 12.4 Å².